The van der Waals surface area contributed by atoms with E-state index in [4.69, 9.17) is 10.9 Å². The molecule has 0 saturated carbocycles. The zero-order valence-electron chi connectivity index (χ0n) is 12.6. The number of rotatable bonds is 11. The topological polar surface area (TPSA) is 118 Å². The SMILES string of the molecule is CC(=O)C(C(C)=O)N(N)C(=O)CCCCCCCC(=O)O. The highest BCUT2D eigenvalue weighted by molar-refractivity contribution is 6.06. The quantitative estimate of drug-likeness (QED) is 0.194. The lowest BCUT2D eigenvalue weighted by Gasteiger charge is -2.23. The van der Waals surface area contributed by atoms with E-state index in [0.717, 1.165) is 24.3 Å². The maximum absolute atomic E-state index is 11.8. The molecule has 0 radical (unpaired) electrons. The summed E-state index contributed by atoms with van der Waals surface area (Å²) >= 11 is 0. The van der Waals surface area contributed by atoms with Crippen LogP contribution in [0.3, 0.4) is 0 Å². The number of carbonyl (C=O) groups excluding carboxylic acids is 3. The van der Waals surface area contributed by atoms with Gasteiger partial charge in [0.05, 0.1) is 0 Å². The summed E-state index contributed by atoms with van der Waals surface area (Å²) in [5, 5.41) is 9.19. The minimum atomic E-state index is -1.20. The number of aliphatic carboxylic acids is 1. The van der Waals surface area contributed by atoms with Crippen LogP contribution < -0.4 is 5.84 Å². The molecule has 1 amide bonds. The second-order valence-electron chi connectivity index (χ2n) is 5.09. The van der Waals surface area contributed by atoms with E-state index in [1.807, 2.05) is 0 Å². The standard InChI is InChI=1S/C14H24N2O5/c1-10(17)14(11(2)18)16(15)12(19)8-6-4-3-5-7-9-13(20)21/h14H,3-9,15H2,1-2H3,(H,20,21). The smallest absolute Gasteiger partial charge is 0.303 e. The van der Waals surface area contributed by atoms with Crippen LogP contribution >= 0.6 is 0 Å². The van der Waals surface area contributed by atoms with Crippen LogP contribution in [-0.2, 0) is 19.2 Å². The summed E-state index contributed by atoms with van der Waals surface area (Å²) in [5.74, 6) is 3.40. The van der Waals surface area contributed by atoms with Gasteiger partial charge in [0, 0.05) is 12.8 Å². The van der Waals surface area contributed by atoms with Gasteiger partial charge in [-0.3, -0.25) is 24.2 Å². The van der Waals surface area contributed by atoms with Gasteiger partial charge in [-0.1, -0.05) is 19.3 Å². The monoisotopic (exact) mass is 300 g/mol. The van der Waals surface area contributed by atoms with Crippen LogP contribution in [-0.4, -0.2) is 39.6 Å². The number of hydrogen-bond acceptors (Lipinski definition) is 5. The van der Waals surface area contributed by atoms with Crippen molar-refractivity contribution in [3.8, 4) is 0 Å². The van der Waals surface area contributed by atoms with Gasteiger partial charge in [0.15, 0.2) is 17.6 Å². The molecule has 120 valence electrons. The second kappa shape index (κ2) is 10.0. The first-order valence-corrected chi connectivity index (χ1v) is 7.06. The van der Waals surface area contributed by atoms with Gasteiger partial charge in [-0.25, -0.2) is 5.84 Å². The number of hydrazine groups is 1. The molecule has 0 rings (SSSR count). The molecule has 7 heteroatoms. The van der Waals surface area contributed by atoms with Crippen LogP contribution in [0.5, 0.6) is 0 Å². The molecule has 0 heterocycles. The number of carboxylic acids is 1. The van der Waals surface area contributed by atoms with Gasteiger partial charge in [-0.05, 0) is 26.7 Å². The fourth-order valence-corrected chi connectivity index (χ4v) is 2.03. The zero-order chi connectivity index (χ0) is 16.4. The normalized spacial score (nSPS) is 10.5. The number of ketones is 2. The van der Waals surface area contributed by atoms with Crippen molar-refractivity contribution in [3.63, 3.8) is 0 Å². The van der Waals surface area contributed by atoms with E-state index in [2.05, 4.69) is 0 Å². The summed E-state index contributed by atoms with van der Waals surface area (Å²) in [6.07, 6.45) is 3.99. The first-order valence-electron chi connectivity index (χ1n) is 7.06. The predicted molar refractivity (Wildman–Crippen MR) is 76.1 cm³/mol. The summed E-state index contributed by atoms with van der Waals surface area (Å²) in [6, 6.07) is -1.20. The first-order chi connectivity index (χ1) is 9.77. The van der Waals surface area contributed by atoms with E-state index in [1.54, 1.807) is 0 Å². The molecule has 0 unspecified atom stereocenters. The Morgan fingerprint density at radius 1 is 0.905 bits per heavy atom. The summed E-state index contributed by atoms with van der Waals surface area (Å²) in [7, 11) is 0. The van der Waals surface area contributed by atoms with Crippen molar-refractivity contribution in [2.75, 3.05) is 0 Å². The number of carbonyl (C=O) groups is 4. The number of carboxylic acid groups (broad SMARTS) is 1. The molecular formula is C14H24N2O5. The van der Waals surface area contributed by atoms with Crippen molar-refractivity contribution in [3.05, 3.63) is 0 Å². The average molecular weight is 300 g/mol. The molecule has 0 aromatic rings. The van der Waals surface area contributed by atoms with Crippen molar-refractivity contribution >= 4 is 23.4 Å². The van der Waals surface area contributed by atoms with E-state index in [-0.39, 0.29) is 12.8 Å². The molecule has 0 atom stereocenters. The minimum Gasteiger partial charge on any atom is -0.481 e. The fourth-order valence-electron chi connectivity index (χ4n) is 2.03. The van der Waals surface area contributed by atoms with E-state index < -0.39 is 29.5 Å². The van der Waals surface area contributed by atoms with Crippen LogP contribution in [0.2, 0.25) is 0 Å². The number of Topliss-reactive ketones (excluding diaryl/α,β-unsaturated/α-hetero) is 2. The molecule has 0 aliphatic heterocycles. The maximum Gasteiger partial charge on any atom is 0.303 e. The molecule has 0 fully saturated rings. The Kier molecular flexibility index (Phi) is 9.20. The summed E-state index contributed by atoms with van der Waals surface area (Å²) < 4.78 is 0. The lowest BCUT2D eigenvalue weighted by atomic mass is 10.1. The van der Waals surface area contributed by atoms with E-state index in [9.17, 15) is 19.2 Å². The van der Waals surface area contributed by atoms with E-state index in [1.165, 1.54) is 13.8 Å². The third-order valence-corrected chi connectivity index (χ3v) is 3.12. The molecule has 21 heavy (non-hydrogen) atoms. The molecule has 0 spiro atoms. The lowest BCUT2D eigenvalue weighted by molar-refractivity contribution is -0.144. The molecule has 0 saturated heterocycles. The van der Waals surface area contributed by atoms with Gasteiger partial charge in [0.2, 0.25) is 5.91 Å². The van der Waals surface area contributed by atoms with Crippen LogP contribution in [0.1, 0.15) is 58.8 Å². The average Bonchev–Trinajstić information content (AvgIpc) is 2.35. The predicted octanol–water partition coefficient (Wildman–Crippen LogP) is 1.05. The fraction of sp³-hybridized carbons (Fsp3) is 0.714. The molecule has 0 aliphatic carbocycles. The van der Waals surface area contributed by atoms with Crippen molar-refractivity contribution in [2.24, 2.45) is 5.84 Å². The largest absolute Gasteiger partial charge is 0.481 e. The third-order valence-electron chi connectivity index (χ3n) is 3.12. The Labute approximate surface area is 124 Å². The highest BCUT2D eigenvalue weighted by Gasteiger charge is 2.28. The minimum absolute atomic E-state index is 0.161. The third kappa shape index (κ3) is 8.19. The molecular weight excluding hydrogens is 276 g/mol. The number of nitrogens with zero attached hydrogens (tertiary/aromatic N) is 1. The molecule has 7 nitrogen and oxygen atoms in total. The van der Waals surface area contributed by atoms with E-state index in [0.29, 0.717) is 12.8 Å². The van der Waals surface area contributed by atoms with Gasteiger partial charge in [0.25, 0.3) is 0 Å². The number of amides is 1. The first kappa shape index (κ1) is 19.2. The lowest BCUT2D eigenvalue weighted by Crippen LogP contribution is -2.52. The molecule has 3 N–H and O–H groups in total. The summed E-state index contributed by atoms with van der Waals surface area (Å²) in [6.45, 7) is 2.45. The molecule has 0 aromatic carbocycles. The van der Waals surface area contributed by atoms with Crippen LogP contribution in [0, 0.1) is 0 Å². The van der Waals surface area contributed by atoms with Gasteiger partial charge in [-0.15, -0.1) is 0 Å². The van der Waals surface area contributed by atoms with Gasteiger partial charge >= 0.3 is 5.97 Å². The number of hydrogen-bond donors (Lipinski definition) is 2. The highest BCUT2D eigenvalue weighted by atomic mass is 16.4. The molecule has 0 aliphatic rings. The Morgan fingerprint density at radius 2 is 1.33 bits per heavy atom. The highest BCUT2D eigenvalue weighted by Crippen LogP contribution is 2.09. The maximum atomic E-state index is 11.8. The van der Waals surface area contributed by atoms with Crippen molar-refractivity contribution in [1.82, 2.24) is 5.01 Å². The van der Waals surface area contributed by atoms with Crippen LogP contribution in [0.25, 0.3) is 0 Å². The Morgan fingerprint density at radius 3 is 1.76 bits per heavy atom. The summed E-state index contributed by atoms with van der Waals surface area (Å²) in [4.78, 5) is 44.7. The Balaban J connectivity index is 3.95. The van der Waals surface area contributed by atoms with E-state index >= 15 is 0 Å². The van der Waals surface area contributed by atoms with Crippen molar-refractivity contribution in [2.45, 2.75) is 64.8 Å². The zero-order valence-corrected chi connectivity index (χ0v) is 12.6. The van der Waals surface area contributed by atoms with Crippen molar-refractivity contribution in [1.29, 1.82) is 0 Å². The number of unbranched alkanes of at least 4 members (excludes halogenated alkanes) is 4. The van der Waals surface area contributed by atoms with Crippen molar-refractivity contribution < 1.29 is 24.3 Å². The second-order valence-corrected chi connectivity index (χ2v) is 5.09. The number of nitrogens with two attached hydrogens (primary N) is 1. The Hall–Kier alpha value is -1.76. The van der Waals surface area contributed by atoms with Gasteiger partial charge in [-0.2, -0.15) is 0 Å². The molecule has 0 aromatic heterocycles. The Bertz CT molecular complexity index is 381. The van der Waals surface area contributed by atoms with Crippen LogP contribution in [0.4, 0.5) is 0 Å². The summed E-state index contributed by atoms with van der Waals surface area (Å²) in [5.41, 5.74) is 0. The van der Waals surface area contributed by atoms with Crippen LogP contribution in [0.15, 0.2) is 0 Å². The van der Waals surface area contributed by atoms with Gasteiger partial charge in [0.1, 0.15) is 0 Å². The molecule has 0 bridgehead atoms. The van der Waals surface area contributed by atoms with Gasteiger partial charge < -0.3 is 5.11 Å².